The number of hydrogen-bond donors (Lipinski definition) is 1. The van der Waals surface area contributed by atoms with Crippen LogP contribution in [0, 0.1) is 11.6 Å². The van der Waals surface area contributed by atoms with E-state index in [4.69, 9.17) is 9.47 Å². The van der Waals surface area contributed by atoms with Gasteiger partial charge >= 0.3 is 0 Å². The van der Waals surface area contributed by atoms with Crippen LogP contribution in [0.15, 0.2) is 48.8 Å². The van der Waals surface area contributed by atoms with E-state index in [0.29, 0.717) is 23.0 Å². The van der Waals surface area contributed by atoms with Crippen LogP contribution in [-0.4, -0.2) is 29.0 Å². The Morgan fingerprint density at radius 2 is 1.81 bits per heavy atom. The van der Waals surface area contributed by atoms with Gasteiger partial charge in [0.25, 0.3) is 0 Å². The average Bonchev–Trinajstić information content (AvgIpc) is 3.17. The van der Waals surface area contributed by atoms with E-state index in [1.54, 1.807) is 25.0 Å². The number of hydrogen-bond acceptors (Lipinski definition) is 5. The Morgan fingerprint density at radius 3 is 2.56 bits per heavy atom. The number of methoxy groups -OCH3 is 2. The smallest absolute Gasteiger partial charge is 0.226 e. The highest BCUT2D eigenvalue weighted by molar-refractivity contribution is 5.78. The molecule has 0 aliphatic carbocycles. The summed E-state index contributed by atoms with van der Waals surface area (Å²) < 4.78 is 39.3. The maximum Gasteiger partial charge on any atom is 0.226 e. The number of benzene rings is 2. The first-order valence-corrected chi connectivity index (χ1v) is 8.16. The first-order chi connectivity index (χ1) is 13.1. The molecule has 0 unspecified atom stereocenters. The van der Waals surface area contributed by atoms with Gasteiger partial charge in [0.05, 0.1) is 14.2 Å². The number of ether oxygens (including phenoxy) is 2. The van der Waals surface area contributed by atoms with Gasteiger partial charge in [-0.25, -0.2) is 13.5 Å². The molecular formula is C19H16F2N4O2. The van der Waals surface area contributed by atoms with Crippen molar-refractivity contribution >= 4 is 11.6 Å². The number of allylic oxidation sites excluding steroid dienone is 1. The number of halogens is 2. The third kappa shape index (κ3) is 2.99. The Kier molecular flexibility index (Phi) is 4.23. The number of rotatable bonds is 4. The second-order valence-corrected chi connectivity index (χ2v) is 5.92. The van der Waals surface area contributed by atoms with E-state index in [2.05, 4.69) is 15.4 Å². The average molecular weight is 370 g/mol. The molecule has 1 atom stereocenters. The van der Waals surface area contributed by atoms with Crippen LogP contribution in [0.2, 0.25) is 0 Å². The lowest BCUT2D eigenvalue weighted by molar-refractivity contribution is 0.355. The molecule has 0 amide bonds. The topological polar surface area (TPSA) is 61.2 Å². The lowest BCUT2D eigenvalue weighted by Gasteiger charge is -2.24. The van der Waals surface area contributed by atoms with Gasteiger partial charge in [-0.3, -0.25) is 0 Å². The van der Waals surface area contributed by atoms with Gasteiger partial charge in [-0.1, -0.05) is 6.07 Å². The van der Waals surface area contributed by atoms with Crippen molar-refractivity contribution in [1.82, 2.24) is 14.8 Å². The first kappa shape index (κ1) is 17.0. The summed E-state index contributed by atoms with van der Waals surface area (Å²) in [4.78, 5) is 4.20. The van der Waals surface area contributed by atoms with E-state index < -0.39 is 17.7 Å². The lowest BCUT2D eigenvalue weighted by atomic mass is 10.0. The fourth-order valence-corrected chi connectivity index (χ4v) is 3.04. The van der Waals surface area contributed by atoms with E-state index >= 15 is 0 Å². The van der Waals surface area contributed by atoms with Crippen molar-refractivity contribution < 1.29 is 18.3 Å². The summed E-state index contributed by atoms with van der Waals surface area (Å²) in [5.41, 5.74) is 2.13. The molecule has 6 nitrogen and oxygen atoms in total. The molecule has 0 saturated heterocycles. The number of aromatic nitrogens is 3. The maximum absolute atomic E-state index is 13.8. The highest BCUT2D eigenvalue weighted by Crippen LogP contribution is 2.35. The van der Waals surface area contributed by atoms with Crippen LogP contribution in [0.25, 0.3) is 5.70 Å². The van der Waals surface area contributed by atoms with Gasteiger partial charge in [-0.15, -0.1) is 0 Å². The number of nitrogens with zero attached hydrogens (tertiary/aromatic N) is 3. The predicted molar refractivity (Wildman–Crippen MR) is 95.7 cm³/mol. The fraction of sp³-hybridized carbons (Fsp3) is 0.158. The highest BCUT2D eigenvalue weighted by atomic mass is 19.2. The van der Waals surface area contributed by atoms with Gasteiger partial charge < -0.3 is 14.8 Å². The van der Waals surface area contributed by atoms with Crippen molar-refractivity contribution in [1.29, 1.82) is 0 Å². The largest absolute Gasteiger partial charge is 0.493 e. The summed E-state index contributed by atoms with van der Waals surface area (Å²) in [7, 11) is 3.13. The molecule has 0 fully saturated rings. The molecule has 0 spiro atoms. The molecule has 0 radical (unpaired) electrons. The Labute approximate surface area is 154 Å². The fourth-order valence-electron chi connectivity index (χ4n) is 3.04. The van der Waals surface area contributed by atoms with E-state index in [1.165, 1.54) is 18.5 Å². The van der Waals surface area contributed by atoms with E-state index in [0.717, 1.165) is 17.3 Å². The van der Waals surface area contributed by atoms with E-state index in [1.807, 2.05) is 18.2 Å². The van der Waals surface area contributed by atoms with Crippen LogP contribution in [0.1, 0.15) is 17.2 Å². The molecule has 27 heavy (non-hydrogen) atoms. The van der Waals surface area contributed by atoms with Crippen molar-refractivity contribution in [3.05, 3.63) is 71.6 Å². The van der Waals surface area contributed by atoms with Crippen molar-refractivity contribution in [2.75, 3.05) is 19.5 Å². The second kappa shape index (κ2) is 6.71. The standard InChI is InChI=1S/C19H16F2N4O2/c1-26-17-6-4-11(8-18(17)27-2)15-9-16(25-19(24-15)22-10-23-25)12-3-5-13(20)14(21)7-12/h3-10,16H,1-2H3,(H,22,23,24)/t16-/m1/s1. The quantitative estimate of drug-likeness (QED) is 0.760. The third-order valence-corrected chi connectivity index (χ3v) is 4.39. The second-order valence-electron chi connectivity index (χ2n) is 5.92. The SMILES string of the molecule is COc1ccc(C2=C[C@H](c3ccc(F)c(F)c3)n3ncnc3N2)cc1OC. The molecule has 0 bridgehead atoms. The minimum atomic E-state index is -0.909. The zero-order valence-electron chi connectivity index (χ0n) is 14.6. The first-order valence-electron chi connectivity index (χ1n) is 8.16. The van der Waals surface area contributed by atoms with Crippen LogP contribution in [0.5, 0.6) is 11.5 Å². The minimum absolute atomic E-state index is 0.443. The van der Waals surface area contributed by atoms with E-state index in [9.17, 15) is 8.78 Å². The molecule has 1 aliphatic rings. The van der Waals surface area contributed by atoms with Crippen LogP contribution in [-0.2, 0) is 0 Å². The lowest BCUT2D eigenvalue weighted by Crippen LogP contribution is -2.20. The summed E-state index contributed by atoms with van der Waals surface area (Å²) in [5.74, 6) is -0.117. The molecule has 8 heteroatoms. The Hall–Kier alpha value is -3.42. The van der Waals surface area contributed by atoms with E-state index in [-0.39, 0.29) is 0 Å². The molecule has 3 aromatic rings. The number of anilines is 1. The Balaban J connectivity index is 1.80. The predicted octanol–water partition coefficient (Wildman–Crippen LogP) is 3.63. The number of nitrogens with one attached hydrogen (secondary N) is 1. The summed E-state index contributed by atoms with van der Waals surface area (Å²) in [5, 5.41) is 7.39. The molecular weight excluding hydrogens is 354 g/mol. The van der Waals surface area contributed by atoms with Gasteiger partial charge in [0.2, 0.25) is 5.95 Å². The Bertz CT molecular complexity index is 1030. The van der Waals surface area contributed by atoms with Gasteiger partial charge in [-0.05, 0) is 42.0 Å². The summed E-state index contributed by atoms with van der Waals surface area (Å²) in [6.45, 7) is 0. The molecule has 1 aliphatic heterocycles. The van der Waals surface area contributed by atoms with Crippen molar-refractivity contribution in [3.8, 4) is 11.5 Å². The van der Waals surface area contributed by atoms with Crippen LogP contribution >= 0.6 is 0 Å². The van der Waals surface area contributed by atoms with Gasteiger partial charge in [0.15, 0.2) is 23.1 Å². The van der Waals surface area contributed by atoms with Crippen LogP contribution in [0.3, 0.4) is 0 Å². The zero-order chi connectivity index (χ0) is 19.0. The van der Waals surface area contributed by atoms with Gasteiger partial charge in [-0.2, -0.15) is 10.1 Å². The summed E-state index contributed by atoms with van der Waals surface area (Å²) >= 11 is 0. The van der Waals surface area contributed by atoms with Gasteiger partial charge in [0.1, 0.15) is 12.4 Å². The van der Waals surface area contributed by atoms with Crippen LogP contribution in [0.4, 0.5) is 14.7 Å². The highest BCUT2D eigenvalue weighted by Gasteiger charge is 2.24. The zero-order valence-corrected chi connectivity index (χ0v) is 14.6. The molecule has 4 rings (SSSR count). The molecule has 2 heterocycles. The normalized spacial score (nSPS) is 15.6. The third-order valence-electron chi connectivity index (χ3n) is 4.39. The molecule has 1 N–H and O–H groups in total. The molecule has 1 aromatic heterocycles. The monoisotopic (exact) mass is 370 g/mol. The van der Waals surface area contributed by atoms with Crippen molar-refractivity contribution in [3.63, 3.8) is 0 Å². The van der Waals surface area contributed by atoms with Crippen LogP contribution < -0.4 is 14.8 Å². The Morgan fingerprint density at radius 1 is 1.00 bits per heavy atom. The van der Waals surface area contributed by atoms with Crippen molar-refractivity contribution in [2.45, 2.75) is 6.04 Å². The minimum Gasteiger partial charge on any atom is -0.493 e. The van der Waals surface area contributed by atoms with Gasteiger partial charge in [0, 0.05) is 11.3 Å². The summed E-state index contributed by atoms with van der Waals surface area (Å²) in [6.07, 6.45) is 3.27. The summed E-state index contributed by atoms with van der Waals surface area (Å²) in [6, 6.07) is 8.85. The molecule has 2 aromatic carbocycles. The van der Waals surface area contributed by atoms with Crippen molar-refractivity contribution in [2.24, 2.45) is 0 Å². The molecule has 138 valence electrons. The maximum atomic E-state index is 13.8. The molecule has 0 saturated carbocycles. The number of fused-ring (bicyclic) bond motifs is 1.